The van der Waals surface area contributed by atoms with Gasteiger partial charge in [-0.25, -0.2) is 0 Å². The second kappa shape index (κ2) is 20.5. The van der Waals surface area contributed by atoms with E-state index in [-0.39, 0.29) is 0 Å². The van der Waals surface area contributed by atoms with Gasteiger partial charge in [-0.15, -0.1) is 0 Å². The zero-order valence-corrected chi connectivity index (χ0v) is 39.6. The molecule has 0 atom stereocenters. The Balaban J connectivity index is 1.29. The molecule has 0 saturated carbocycles. The van der Waals surface area contributed by atoms with Crippen molar-refractivity contribution in [2.24, 2.45) is 0 Å². The average Bonchev–Trinajstić information content (AvgIpc) is 3.79. The molecule has 0 heterocycles. The first kappa shape index (κ1) is 43.6. The summed E-state index contributed by atoms with van der Waals surface area (Å²) in [4.78, 5) is 0. The van der Waals surface area contributed by atoms with Crippen LogP contribution in [0.5, 0.6) is 0 Å². The number of rotatable bonds is 16. The van der Waals surface area contributed by atoms with Gasteiger partial charge in [-0.2, -0.15) is 0 Å². The van der Waals surface area contributed by atoms with Crippen LogP contribution < -0.4 is 15.6 Å². The smallest absolute Gasteiger partial charge is 0.0801 e. The van der Waals surface area contributed by atoms with Crippen LogP contribution in [0.25, 0.3) is 0 Å². The minimum absolute atomic E-state index is 0.870. The molecule has 0 unspecified atom stereocenters. The molecule has 1 aliphatic carbocycles. The maximum absolute atomic E-state index is 3.15. The molecule has 10 rings (SSSR count). The van der Waals surface area contributed by atoms with E-state index in [1.165, 1.54) is 93.1 Å². The monoisotopic (exact) mass is 878 g/mol. The lowest BCUT2D eigenvalue weighted by atomic mass is 9.99. The van der Waals surface area contributed by atoms with E-state index in [2.05, 4.69) is 256 Å². The molecule has 326 valence electrons. The molecule has 0 aliphatic heterocycles. The van der Waals surface area contributed by atoms with E-state index in [1.807, 2.05) is 0 Å². The predicted molar refractivity (Wildman–Crippen MR) is 286 cm³/mol. The second-order valence-electron chi connectivity index (χ2n) is 18.6. The fraction of sp³-hybridized carbons (Fsp3) is 0.121. The largest absolute Gasteiger partial charge is 0.179 e. The Hall–Kier alpha value is -7.32. The van der Waals surface area contributed by atoms with Crippen LogP contribution >= 0.6 is 0 Å². The molecule has 9 aromatic rings. The molecule has 0 fully saturated rings. The van der Waals surface area contributed by atoms with Crippen LogP contribution in [0.3, 0.4) is 0 Å². The van der Waals surface area contributed by atoms with Gasteiger partial charge in [0.15, 0.2) is 8.07 Å². The molecular formula is C66H58Si. The maximum atomic E-state index is 2.63. The van der Waals surface area contributed by atoms with Gasteiger partial charge in [0.2, 0.25) is 0 Å². The van der Waals surface area contributed by atoms with Crippen molar-refractivity contribution in [3.63, 3.8) is 0 Å². The van der Waals surface area contributed by atoms with Gasteiger partial charge in [0.25, 0.3) is 0 Å². The Morgan fingerprint density at radius 1 is 0.269 bits per heavy atom. The normalized spacial score (nSPS) is 12.4. The Labute approximate surface area is 399 Å². The predicted octanol–water partition coefficient (Wildman–Crippen LogP) is 13.5. The third-order valence-corrected chi connectivity index (χ3v) is 18.4. The van der Waals surface area contributed by atoms with Gasteiger partial charge in [-0.05, 0) is 139 Å². The zero-order valence-electron chi connectivity index (χ0n) is 38.6. The zero-order chi connectivity index (χ0) is 45.3. The van der Waals surface area contributed by atoms with Crippen LogP contribution in [-0.2, 0) is 38.5 Å². The van der Waals surface area contributed by atoms with Crippen molar-refractivity contribution in [3.05, 3.63) is 326 Å². The average molecular weight is 879 g/mol. The van der Waals surface area contributed by atoms with Crippen molar-refractivity contribution < 1.29 is 0 Å². The highest BCUT2D eigenvalue weighted by atomic mass is 28.3. The quantitative estimate of drug-likeness (QED) is 0.0670. The minimum Gasteiger partial charge on any atom is -0.0801 e. The van der Waals surface area contributed by atoms with E-state index >= 15 is 0 Å². The van der Waals surface area contributed by atoms with Gasteiger partial charge in [-0.3, -0.25) is 0 Å². The summed E-state index contributed by atoms with van der Waals surface area (Å²) in [6.45, 7) is 2.39. The van der Waals surface area contributed by atoms with E-state index in [0.717, 1.165) is 44.9 Å². The number of hydrogen-bond donors (Lipinski definition) is 0. The summed E-state index contributed by atoms with van der Waals surface area (Å²) in [6, 6.07) is 89.6. The molecule has 1 heteroatoms. The lowest BCUT2D eigenvalue weighted by molar-refractivity contribution is 1.14. The number of benzene rings is 9. The third kappa shape index (κ3) is 10.4. The topological polar surface area (TPSA) is 0 Å². The first-order valence-electron chi connectivity index (χ1n) is 24.0. The van der Waals surface area contributed by atoms with Crippen molar-refractivity contribution in [1.82, 2.24) is 0 Å². The molecule has 0 radical (unpaired) electrons. The number of hydrogen-bond acceptors (Lipinski definition) is 0. The Kier molecular flexibility index (Phi) is 13.3. The third-order valence-electron chi connectivity index (χ3n) is 13.5. The minimum atomic E-state index is -3.15. The van der Waals surface area contributed by atoms with Crippen molar-refractivity contribution in [2.75, 3.05) is 0 Å². The second-order valence-corrected chi connectivity index (χ2v) is 22.4. The molecule has 67 heavy (non-hydrogen) atoms. The maximum Gasteiger partial charge on any atom is 0.179 e. The van der Waals surface area contributed by atoms with E-state index in [0.29, 0.717) is 0 Å². The standard InChI is InChI=1S/C66H58Si/c1-50-21-20-34-66(50)67(63-44-57(35-51-22-8-2-9-23-51)41-58(45-63)36-52-24-10-3-11-25-52,64-46-59(37-53-26-12-4-13-27-53)42-60(47-64)38-54-28-14-5-15-29-54)65-48-61(39-55-30-16-6-17-31-55)43-62(49-65)40-56-32-18-7-19-33-56/h2-19,21-34,41-49H,20,35-40H2,1H3. The van der Waals surface area contributed by atoms with E-state index in [1.54, 1.807) is 0 Å². The van der Waals surface area contributed by atoms with Crippen molar-refractivity contribution in [3.8, 4) is 0 Å². The molecule has 0 saturated heterocycles. The lowest BCUT2D eigenvalue weighted by Crippen LogP contribution is -2.69. The molecule has 0 nitrogen and oxygen atoms in total. The summed E-state index contributed by atoms with van der Waals surface area (Å²) in [7, 11) is -3.15. The summed E-state index contributed by atoms with van der Waals surface area (Å²) in [6.07, 6.45) is 11.2. The van der Waals surface area contributed by atoms with E-state index in [9.17, 15) is 0 Å². The molecular weight excluding hydrogens is 821 g/mol. The fourth-order valence-electron chi connectivity index (χ4n) is 10.6. The van der Waals surface area contributed by atoms with Crippen molar-refractivity contribution in [1.29, 1.82) is 0 Å². The van der Waals surface area contributed by atoms with Gasteiger partial charge in [0.1, 0.15) is 0 Å². The summed E-state index contributed by atoms with van der Waals surface area (Å²) in [5.74, 6) is 0. The summed E-state index contributed by atoms with van der Waals surface area (Å²) in [5, 5.41) is 5.88. The molecule has 9 aromatic carbocycles. The van der Waals surface area contributed by atoms with Gasteiger partial charge in [0, 0.05) is 0 Å². The fourth-order valence-corrected chi connectivity index (χ4v) is 16.0. The first-order chi connectivity index (χ1) is 33.0. The molecule has 0 N–H and O–H groups in total. The lowest BCUT2D eigenvalue weighted by Gasteiger charge is -2.38. The SMILES string of the molecule is CC1=CCC=C1[Si](c1cc(Cc2ccccc2)cc(Cc2ccccc2)c1)(c1cc(Cc2ccccc2)cc(Cc2ccccc2)c1)c1cc(Cc2ccccc2)cc(Cc2ccccc2)c1. The van der Waals surface area contributed by atoms with Crippen LogP contribution in [0.1, 0.15) is 80.1 Å². The van der Waals surface area contributed by atoms with Crippen LogP contribution in [0, 0.1) is 0 Å². The highest BCUT2D eigenvalue weighted by molar-refractivity contribution is 7.16. The molecule has 1 aliphatic rings. The van der Waals surface area contributed by atoms with Crippen LogP contribution in [0.15, 0.2) is 260 Å². The highest BCUT2D eigenvalue weighted by Crippen LogP contribution is 2.32. The van der Waals surface area contributed by atoms with Crippen LogP contribution in [-0.4, -0.2) is 8.07 Å². The highest BCUT2D eigenvalue weighted by Gasteiger charge is 2.45. The summed E-state index contributed by atoms with van der Waals surface area (Å²) >= 11 is 0. The van der Waals surface area contributed by atoms with Gasteiger partial charge < -0.3 is 0 Å². The molecule has 0 bridgehead atoms. The Morgan fingerprint density at radius 3 is 0.687 bits per heavy atom. The van der Waals surface area contributed by atoms with Crippen molar-refractivity contribution in [2.45, 2.75) is 51.9 Å². The van der Waals surface area contributed by atoms with E-state index < -0.39 is 8.07 Å². The molecule has 0 aromatic heterocycles. The summed E-state index contributed by atoms with van der Waals surface area (Å²) in [5.41, 5.74) is 17.6. The Morgan fingerprint density at radius 2 is 0.493 bits per heavy atom. The first-order valence-corrected chi connectivity index (χ1v) is 26.0. The van der Waals surface area contributed by atoms with E-state index in [4.69, 9.17) is 0 Å². The van der Waals surface area contributed by atoms with Gasteiger partial charge >= 0.3 is 0 Å². The van der Waals surface area contributed by atoms with Crippen molar-refractivity contribution >= 4 is 23.6 Å². The molecule has 0 amide bonds. The molecule has 0 spiro atoms. The summed E-state index contributed by atoms with van der Waals surface area (Å²) < 4.78 is 0. The Bertz CT molecular complexity index is 2620. The van der Waals surface area contributed by atoms with Crippen LogP contribution in [0.4, 0.5) is 0 Å². The van der Waals surface area contributed by atoms with Gasteiger partial charge in [0.05, 0.1) is 0 Å². The van der Waals surface area contributed by atoms with Gasteiger partial charge in [-0.1, -0.05) is 254 Å². The number of allylic oxidation sites excluding steroid dienone is 4. The van der Waals surface area contributed by atoms with Crippen LogP contribution in [0.2, 0.25) is 0 Å².